The molecule has 3 aromatic carbocycles. The molecular weight excluding hydrogens is 374 g/mol. The van der Waals surface area contributed by atoms with Crippen LogP contribution in [0.1, 0.15) is 11.1 Å². The van der Waals surface area contributed by atoms with E-state index in [1.54, 1.807) is 12.1 Å². The number of carbonyl (C=O) groups excluding carboxylic acids is 1. The summed E-state index contributed by atoms with van der Waals surface area (Å²) in [5, 5.41) is 11.3. The number of hydrogen-bond acceptors (Lipinski definition) is 4. The molecule has 140 valence electrons. The summed E-state index contributed by atoms with van der Waals surface area (Å²) in [7, 11) is -3.77. The summed E-state index contributed by atoms with van der Waals surface area (Å²) >= 11 is 0. The Morgan fingerprint density at radius 3 is 2.18 bits per heavy atom. The van der Waals surface area contributed by atoms with Crippen LogP contribution in [0.25, 0.3) is 11.3 Å². The zero-order valence-corrected chi connectivity index (χ0v) is 15.5. The van der Waals surface area contributed by atoms with Gasteiger partial charge in [0.15, 0.2) is 0 Å². The van der Waals surface area contributed by atoms with E-state index in [1.807, 2.05) is 54.6 Å². The average Bonchev–Trinajstić information content (AvgIpc) is 3.02. The van der Waals surface area contributed by atoms with Crippen molar-refractivity contribution in [3.05, 3.63) is 90.0 Å². The molecule has 4 N–H and O–H groups in total. The molecule has 0 unspecified atom stereocenters. The van der Waals surface area contributed by atoms with Crippen molar-refractivity contribution in [1.29, 1.82) is 0 Å². The van der Waals surface area contributed by atoms with Gasteiger partial charge < -0.3 is 10.6 Å². The fraction of sp³-hybridized carbons (Fsp3) is 0. The summed E-state index contributed by atoms with van der Waals surface area (Å²) in [6.07, 6.45) is 0. The molecule has 1 aliphatic heterocycles. The van der Waals surface area contributed by atoms with Crippen molar-refractivity contribution in [3.8, 4) is 0 Å². The third-order valence-corrected chi connectivity index (χ3v) is 5.37. The Morgan fingerprint density at radius 2 is 1.50 bits per heavy atom. The zero-order valence-electron chi connectivity index (χ0n) is 14.7. The van der Waals surface area contributed by atoms with Gasteiger partial charge >= 0.3 is 0 Å². The first-order valence-electron chi connectivity index (χ1n) is 8.54. The fourth-order valence-corrected chi connectivity index (χ4v) is 3.64. The lowest BCUT2D eigenvalue weighted by Crippen LogP contribution is -2.12. The minimum Gasteiger partial charge on any atom is -0.354 e. The summed E-state index contributed by atoms with van der Waals surface area (Å²) in [6, 6.07) is 23.0. The number of primary sulfonamides is 1. The first kappa shape index (κ1) is 18.0. The second kappa shape index (κ2) is 6.95. The van der Waals surface area contributed by atoms with Crippen LogP contribution >= 0.6 is 0 Å². The molecule has 0 atom stereocenters. The van der Waals surface area contributed by atoms with E-state index in [2.05, 4.69) is 10.6 Å². The minimum absolute atomic E-state index is 0.0240. The highest BCUT2D eigenvalue weighted by Crippen LogP contribution is 2.37. The normalized spacial score (nSPS) is 15.0. The largest absolute Gasteiger partial charge is 0.354 e. The van der Waals surface area contributed by atoms with Crippen molar-refractivity contribution in [3.63, 3.8) is 0 Å². The smallest absolute Gasteiger partial charge is 0.258 e. The summed E-state index contributed by atoms with van der Waals surface area (Å²) in [5.74, 6) is -0.200. The summed E-state index contributed by atoms with van der Waals surface area (Å²) in [5.41, 5.74) is 4.18. The molecule has 6 nitrogen and oxygen atoms in total. The molecule has 0 fully saturated rings. The molecule has 7 heteroatoms. The Hall–Kier alpha value is -3.42. The van der Waals surface area contributed by atoms with Crippen LogP contribution in [-0.4, -0.2) is 14.3 Å². The van der Waals surface area contributed by atoms with E-state index in [-0.39, 0.29) is 10.8 Å². The number of nitrogens with one attached hydrogen (secondary N) is 2. The van der Waals surface area contributed by atoms with Crippen LogP contribution in [0.4, 0.5) is 11.4 Å². The molecule has 0 radical (unpaired) electrons. The quantitative estimate of drug-likeness (QED) is 0.594. The standard InChI is InChI=1S/C21H17N3O3S/c22-28(26,27)16-12-10-15(11-13-16)23-20(14-6-2-1-3-7-14)19-17-8-4-5-9-18(17)24-21(19)25/h1-13,23H,(H,24,25)(H2,22,26,27)/b20-19-. The van der Waals surface area contributed by atoms with Crippen LogP contribution in [0, 0.1) is 0 Å². The van der Waals surface area contributed by atoms with Gasteiger partial charge in [0.1, 0.15) is 0 Å². The number of amides is 1. The highest BCUT2D eigenvalue weighted by molar-refractivity contribution is 7.89. The highest BCUT2D eigenvalue weighted by atomic mass is 32.2. The predicted octanol–water partition coefficient (Wildman–Crippen LogP) is 3.27. The highest BCUT2D eigenvalue weighted by Gasteiger charge is 2.28. The zero-order chi connectivity index (χ0) is 19.7. The number of benzene rings is 3. The Morgan fingerprint density at radius 1 is 0.857 bits per heavy atom. The minimum atomic E-state index is -3.77. The Labute approximate surface area is 162 Å². The number of carbonyl (C=O) groups is 1. The van der Waals surface area contributed by atoms with Gasteiger partial charge in [-0.05, 0) is 35.9 Å². The van der Waals surface area contributed by atoms with E-state index in [0.29, 0.717) is 17.0 Å². The molecule has 4 rings (SSSR count). The number of nitrogens with two attached hydrogens (primary N) is 1. The van der Waals surface area contributed by atoms with E-state index >= 15 is 0 Å². The number of hydrogen-bond donors (Lipinski definition) is 3. The third-order valence-electron chi connectivity index (χ3n) is 4.44. The van der Waals surface area contributed by atoms with E-state index in [1.165, 1.54) is 12.1 Å². The van der Waals surface area contributed by atoms with Crippen LogP contribution in [0.2, 0.25) is 0 Å². The molecular formula is C21H17N3O3S. The van der Waals surface area contributed by atoms with E-state index in [0.717, 1.165) is 16.8 Å². The van der Waals surface area contributed by atoms with Gasteiger partial charge in [-0.25, -0.2) is 13.6 Å². The predicted molar refractivity (Wildman–Crippen MR) is 110 cm³/mol. The van der Waals surface area contributed by atoms with E-state index in [4.69, 9.17) is 5.14 Å². The van der Waals surface area contributed by atoms with Gasteiger partial charge in [0, 0.05) is 16.9 Å². The Kier molecular flexibility index (Phi) is 4.46. The number of rotatable bonds is 4. The molecule has 0 bridgehead atoms. The SMILES string of the molecule is NS(=O)(=O)c1ccc(N/C(=C2\C(=O)Nc3ccccc32)c2ccccc2)cc1. The Bertz CT molecular complexity index is 1190. The number of fused-ring (bicyclic) bond motifs is 1. The van der Waals surface area contributed by atoms with Crippen LogP contribution in [0.5, 0.6) is 0 Å². The van der Waals surface area contributed by atoms with Gasteiger partial charge in [0.25, 0.3) is 5.91 Å². The van der Waals surface area contributed by atoms with Crippen molar-refractivity contribution < 1.29 is 13.2 Å². The summed E-state index contributed by atoms with van der Waals surface area (Å²) in [6.45, 7) is 0. The van der Waals surface area contributed by atoms with Crippen molar-refractivity contribution in [2.24, 2.45) is 5.14 Å². The van der Waals surface area contributed by atoms with Crippen LogP contribution < -0.4 is 15.8 Å². The number of para-hydroxylation sites is 1. The van der Waals surface area contributed by atoms with Crippen molar-refractivity contribution in [1.82, 2.24) is 0 Å². The maximum Gasteiger partial charge on any atom is 0.258 e. The molecule has 0 saturated heterocycles. The fourth-order valence-electron chi connectivity index (χ4n) is 3.12. The second-order valence-corrected chi connectivity index (χ2v) is 7.87. The van der Waals surface area contributed by atoms with Crippen LogP contribution in [-0.2, 0) is 14.8 Å². The maximum absolute atomic E-state index is 12.7. The summed E-state index contributed by atoms with van der Waals surface area (Å²) in [4.78, 5) is 12.7. The number of sulfonamides is 1. The molecule has 1 heterocycles. The topological polar surface area (TPSA) is 101 Å². The van der Waals surface area contributed by atoms with Crippen LogP contribution in [0.3, 0.4) is 0 Å². The van der Waals surface area contributed by atoms with Gasteiger partial charge in [-0.3, -0.25) is 4.79 Å². The lowest BCUT2D eigenvalue weighted by molar-refractivity contribution is -0.110. The van der Waals surface area contributed by atoms with Crippen molar-refractivity contribution in [2.45, 2.75) is 4.90 Å². The third kappa shape index (κ3) is 3.40. The molecule has 28 heavy (non-hydrogen) atoms. The van der Waals surface area contributed by atoms with E-state index < -0.39 is 10.0 Å². The number of anilines is 2. The molecule has 0 spiro atoms. The molecule has 0 saturated carbocycles. The van der Waals surface area contributed by atoms with Crippen LogP contribution in [0.15, 0.2) is 83.8 Å². The monoisotopic (exact) mass is 391 g/mol. The van der Waals surface area contributed by atoms with Crippen molar-refractivity contribution >= 4 is 38.6 Å². The average molecular weight is 391 g/mol. The van der Waals surface area contributed by atoms with Gasteiger partial charge in [-0.15, -0.1) is 0 Å². The van der Waals surface area contributed by atoms with Gasteiger partial charge in [0.2, 0.25) is 10.0 Å². The van der Waals surface area contributed by atoms with Gasteiger partial charge in [-0.1, -0.05) is 48.5 Å². The molecule has 0 aliphatic carbocycles. The molecule has 1 aliphatic rings. The lowest BCUT2D eigenvalue weighted by Gasteiger charge is -2.15. The molecule has 1 amide bonds. The maximum atomic E-state index is 12.7. The first-order valence-corrected chi connectivity index (χ1v) is 10.1. The molecule has 3 aromatic rings. The van der Waals surface area contributed by atoms with Gasteiger partial charge in [-0.2, -0.15) is 0 Å². The first-order chi connectivity index (χ1) is 13.4. The Balaban J connectivity index is 1.84. The lowest BCUT2D eigenvalue weighted by atomic mass is 10.00. The second-order valence-electron chi connectivity index (χ2n) is 6.31. The summed E-state index contributed by atoms with van der Waals surface area (Å²) < 4.78 is 22.9. The molecule has 0 aromatic heterocycles. The van der Waals surface area contributed by atoms with Crippen molar-refractivity contribution in [2.75, 3.05) is 10.6 Å². The van der Waals surface area contributed by atoms with Gasteiger partial charge in [0.05, 0.1) is 16.2 Å². The van der Waals surface area contributed by atoms with E-state index in [9.17, 15) is 13.2 Å².